The highest BCUT2D eigenvalue weighted by Gasteiger charge is 2.21. The molecule has 1 aromatic carbocycles. The van der Waals surface area contributed by atoms with E-state index in [1.165, 1.54) is 18.5 Å². The molecule has 1 fully saturated rings. The zero-order chi connectivity index (χ0) is 15.1. The van der Waals surface area contributed by atoms with Crippen molar-refractivity contribution >= 4 is 5.69 Å². The van der Waals surface area contributed by atoms with E-state index in [-0.39, 0.29) is 5.82 Å². The molecule has 1 N–H and O–H groups in total. The third-order valence-corrected chi connectivity index (χ3v) is 4.05. The first-order chi connectivity index (χ1) is 10.2. The van der Waals surface area contributed by atoms with Crippen LogP contribution in [-0.4, -0.2) is 33.4 Å². The largest absolute Gasteiger partial charge is 0.384 e. The summed E-state index contributed by atoms with van der Waals surface area (Å²) >= 11 is 0. The van der Waals surface area contributed by atoms with E-state index in [0.29, 0.717) is 5.92 Å². The maximum absolute atomic E-state index is 13.6. The molecule has 1 unspecified atom stereocenters. The maximum atomic E-state index is 13.6. The number of benzene rings is 1. The van der Waals surface area contributed by atoms with Gasteiger partial charge in [0.25, 0.3) is 0 Å². The Kier molecular flexibility index (Phi) is 6.46. The molecule has 0 saturated carbocycles. The number of anilines is 1. The summed E-state index contributed by atoms with van der Waals surface area (Å²) in [5.74, 6) is 0.419. The lowest BCUT2D eigenvalue weighted by Gasteiger charge is -2.35. The molecule has 0 bridgehead atoms. The zero-order valence-corrected chi connectivity index (χ0v) is 13.2. The van der Waals surface area contributed by atoms with Crippen LogP contribution in [0.1, 0.15) is 31.7 Å². The highest BCUT2D eigenvalue weighted by atomic mass is 19.1. The molecule has 0 radical (unpaired) electrons. The van der Waals surface area contributed by atoms with Gasteiger partial charge in [-0.05, 0) is 55.5 Å². The van der Waals surface area contributed by atoms with Crippen molar-refractivity contribution in [1.82, 2.24) is 5.32 Å². The second kappa shape index (κ2) is 8.35. The van der Waals surface area contributed by atoms with Gasteiger partial charge in [0.2, 0.25) is 0 Å². The van der Waals surface area contributed by atoms with Gasteiger partial charge in [-0.25, -0.2) is 4.39 Å². The van der Waals surface area contributed by atoms with E-state index in [1.54, 1.807) is 19.2 Å². The number of nitrogens with one attached hydrogen (secondary N) is 1. The summed E-state index contributed by atoms with van der Waals surface area (Å²) in [5, 5.41) is 3.38. The van der Waals surface area contributed by atoms with Gasteiger partial charge in [0.1, 0.15) is 5.82 Å². The summed E-state index contributed by atoms with van der Waals surface area (Å²) in [5.41, 5.74) is 2.22. The van der Waals surface area contributed by atoms with Gasteiger partial charge in [-0.1, -0.05) is 6.92 Å². The molecule has 1 aliphatic heterocycles. The molecule has 0 spiro atoms. The minimum Gasteiger partial charge on any atom is -0.384 e. The molecule has 2 rings (SSSR count). The number of ether oxygens (including phenoxy) is 1. The Bertz CT molecular complexity index is 437. The molecule has 0 amide bonds. The number of piperidine rings is 1. The third kappa shape index (κ3) is 4.68. The second-order valence-electron chi connectivity index (χ2n) is 5.86. The molecule has 4 heteroatoms. The van der Waals surface area contributed by atoms with Crippen molar-refractivity contribution in [3.8, 4) is 0 Å². The monoisotopic (exact) mass is 294 g/mol. The predicted molar refractivity (Wildman–Crippen MR) is 85.2 cm³/mol. The first kappa shape index (κ1) is 16.2. The second-order valence-corrected chi connectivity index (χ2v) is 5.86. The van der Waals surface area contributed by atoms with Crippen molar-refractivity contribution < 1.29 is 9.13 Å². The topological polar surface area (TPSA) is 24.5 Å². The van der Waals surface area contributed by atoms with Crippen molar-refractivity contribution in [1.29, 1.82) is 0 Å². The number of halogens is 1. The van der Waals surface area contributed by atoms with Crippen LogP contribution < -0.4 is 10.2 Å². The average molecular weight is 294 g/mol. The Balaban J connectivity index is 2.09. The van der Waals surface area contributed by atoms with Crippen LogP contribution in [-0.2, 0) is 11.3 Å². The molecule has 0 aliphatic carbocycles. The van der Waals surface area contributed by atoms with Gasteiger partial charge in [0, 0.05) is 32.4 Å². The Morgan fingerprint density at radius 3 is 3.05 bits per heavy atom. The highest BCUT2D eigenvalue weighted by molar-refractivity contribution is 5.54. The van der Waals surface area contributed by atoms with Gasteiger partial charge in [-0.3, -0.25) is 0 Å². The van der Waals surface area contributed by atoms with Crippen molar-refractivity contribution in [2.45, 2.75) is 32.7 Å². The number of methoxy groups -OCH3 is 1. The van der Waals surface area contributed by atoms with E-state index in [0.717, 1.165) is 44.8 Å². The number of hydrogen-bond acceptors (Lipinski definition) is 3. The van der Waals surface area contributed by atoms with Crippen LogP contribution in [0.4, 0.5) is 10.1 Å². The van der Waals surface area contributed by atoms with Crippen LogP contribution in [0.5, 0.6) is 0 Å². The summed E-state index contributed by atoms with van der Waals surface area (Å²) in [6.07, 6.45) is 3.48. The van der Waals surface area contributed by atoms with Gasteiger partial charge in [0.05, 0.1) is 6.61 Å². The molecule has 1 saturated heterocycles. The van der Waals surface area contributed by atoms with Crippen LogP contribution in [0.2, 0.25) is 0 Å². The first-order valence-corrected chi connectivity index (χ1v) is 7.97. The van der Waals surface area contributed by atoms with Gasteiger partial charge in [-0.2, -0.15) is 0 Å². The lowest BCUT2D eigenvalue weighted by molar-refractivity contribution is 0.143. The minimum atomic E-state index is -0.155. The van der Waals surface area contributed by atoms with Crippen molar-refractivity contribution in [2.24, 2.45) is 5.92 Å². The quantitative estimate of drug-likeness (QED) is 0.782. The summed E-state index contributed by atoms with van der Waals surface area (Å²) in [4.78, 5) is 2.38. The standard InChI is InChI=1S/C17H27FN2O/c1-3-8-19-11-15-10-16(18)6-7-17(15)20-9-4-5-14(12-20)13-21-2/h6-7,10,14,19H,3-5,8-9,11-13H2,1-2H3. The molecule has 1 aliphatic rings. The van der Waals surface area contributed by atoms with Crippen molar-refractivity contribution in [3.05, 3.63) is 29.6 Å². The van der Waals surface area contributed by atoms with Gasteiger partial charge in [0.15, 0.2) is 0 Å². The molecule has 0 aromatic heterocycles. The fourth-order valence-electron chi connectivity index (χ4n) is 3.06. The lowest BCUT2D eigenvalue weighted by atomic mass is 9.97. The fraction of sp³-hybridized carbons (Fsp3) is 0.647. The number of rotatable bonds is 7. The van der Waals surface area contributed by atoms with Crippen LogP contribution >= 0.6 is 0 Å². The van der Waals surface area contributed by atoms with Crippen molar-refractivity contribution in [2.75, 3.05) is 38.3 Å². The Hall–Kier alpha value is -1.13. The van der Waals surface area contributed by atoms with Crippen LogP contribution in [0.25, 0.3) is 0 Å². The zero-order valence-electron chi connectivity index (χ0n) is 13.2. The van der Waals surface area contributed by atoms with E-state index in [4.69, 9.17) is 4.74 Å². The van der Waals surface area contributed by atoms with E-state index in [2.05, 4.69) is 17.1 Å². The molecule has 1 atom stereocenters. The molecule has 118 valence electrons. The van der Waals surface area contributed by atoms with E-state index in [1.807, 2.05) is 6.07 Å². The van der Waals surface area contributed by atoms with Gasteiger partial charge in [-0.15, -0.1) is 0 Å². The summed E-state index contributed by atoms with van der Waals surface area (Å²) in [6.45, 7) is 6.68. The number of hydrogen-bond donors (Lipinski definition) is 1. The van der Waals surface area contributed by atoms with E-state index < -0.39 is 0 Å². The third-order valence-electron chi connectivity index (χ3n) is 4.05. The smallest absolute Gasteiger partial charge is 0.123 e. The SMILES string of the molecule is CCCNCc1cc(F)ccc1N1CCCC(COC)C1. The molecule has 21 heavy (non-hydrogen) atoms. The fourth-order valence-corrected chi connectivity index (χ4v) is 3.06. The summed E-state index contributed by atoms with van der Waals surface area (Å²) < 4.78 is 18.8. The molecular formula is C17H27FN2O. The molecular weight excluding hydrogens is 267 g/mol. The minimum absolute atomic E-state index is 0.155. The Morgan fingerprint density at radius 1 is 1.43 bits per heavy atom. The van der Waals surface area contributed by atoms with Crippen LogP contribution in [0.3, 0.4) is 0 Å². The van der Waals surface area contributed by atoms with Gasteiger partial charge < -0.3 is 15.0 Å². The van der Waals surface area contributed by atoms with E-state index in [9.17, 15) is 4.39 Å². The highest BCUT2D eigenvalue weighted by Crippen LogP contribution is 2.27. The first-order valence-electron chi connectivity index (χ1n) is 7.97. The molecule has 1 aromatic rings. The lowest BCUT2D eigenvalue weighted by Crippen LogP contribution is -2.38. The number of nitrogens with zero attached hydrogens (tertiary/aromatic N) is 1. The summed E-state index contributed by atoms with van der Waals surface area (Å²) in [6, 6.07) is 5.16. The Labute approximate surface area is 127 Å². The van der Waals surface area contributed by atoms with Crippen LogP contribution in [0, 0.1) is 11.7 Å². The maximum Gasteiger partial charge on any atom is 0.123 e. The van der Waals surface area contributed by atoms with Gasteiger partial charge >= 0.3 is 0 Å². The predicted octanol–water partition coefficient (Wildman–Crippen LogP) is 3.19. The van der Waals surface area contributed by atoms with E-state index >= 15 is 0 Å². The Morgan fingerprint density at radius 2 is 2.29 bits per heavy atom. The molecule has 1 heterocycles. The normalized spacial score (nSPS) is 19.0. The average Bonchev–Trinajstić information content (AvgIpc) is 2.48. The van der Waals surface area contributed by atoms with Crippen molar-refractivity contribution in [3.63, 3.8) is 0 Å². The van der Waals surface area contributed by atoms with Crippen LogP contribution in [0.15, 0.2) is 18.2 Å². The molecule has 3 nitrogen and oxygen atoms in total. The summed E-state index contributed by atoms with van der Waals surface area (Å²) in [7, 11) is 1.76.